The number of rotatable bonds is 4. The van der Waals surface area contributed by atoms with E-state index in [1.54, 1.807) is 4.68 Å². The van der Waals surface area contributed by atoms with Crippen molar-refractivity contribution in [1.29, 1.82) is 0 Å². The Kier molecular flexibility index (Phi) is 4.76. The van der Waals surface area contributed by atoms with Crippen molar-refractivity contribution in [2.75, 3.05) is 13.1 Å². The predicted molar refractivity (Wildman–Crippen MR) is 82.1 cm³/mol. The van der Waals surface area contributed by atoms with Gasteiger partial charge in [0.15, 0.2) is 0 Å². The van der Waals surface area contributed by atoms with E-state index in [2.05, 4.69) is 10.3 Å². The number of hydrogen-bond acceptors (Lipinski definition) is 4. The van der Waals surface area contributed by atoms with Gasteiger partial charge in [0.25, 0.3) is 0 Å². The highest BCUT2D eigenvalue weighted by atomic mass is 16.3. The first-order chi connectivity index (χ1) is 10.7. The molecule has 1 aliphatic heterocycles. The van der Waals surface area contributed by atoms with Crippen LogP contribution in [0.2, 0.25) is 0 Å². The molecule has 1 N–H and O–H groups in total. The highest BCUT2D eigenvalue weighted by Gasteiger charge is 2.36. The number of nitrogens with zero attached hydrogens (tertiary/aromatic N) is 4. The van der Waals surface area contributed by atoms with Gasteiger partial charge >= 0.3 is 0 Å². The van der Waals surface area contributed by atoms with E-state index in [9.17, 15) is 9.90 Å². The molecule has 122 valence electrons. The molecule has 2 fully saturated rings. The number of aryl methyl sites for hydroxylation is 1. The molecule has 1 amide bonds. The number of carbonyl (C=O) groups excluding carboxylic acids is 1. The number of likely N-dealkylation sites (tertiary alicyclic amines) is 1. The van der Waals surface area contributed by atoms with Gasteiger partial charge in [-0.1, -0.05) is 30.9 Å². The lowest BCUT2D eigenvalue weighted by Gasteiger charge is -2.39. The minimum Gasteiger partial charge on any atom is -0.393 e. The predicted octanol–water partition coefficient (Wildman–Crippen LogP) is 1.24. The number of aromatic nitrogens is 3. The zero-order valence-corrected chi connectivity index (χ0v) is 13.3. The monoisotopic (exact) mass is 306 g/mol. The van der Waals surface area contributed by atoms with Crippen LogP contribution in [0, 0.1) is 11.8 Å². The Morgan fingerprint density at radius 3 is 2.82 bits per heavy atom. The van der Waals surface area contributed by atoms with Crippen LogP contribution in [-0.4, -0.2) is 50.1 Å². The van der Waals surface area contributed by atoms with E-state index in [4.69, 9.17) is 0 Å². The minimum atomic E-state index is -0.242. The van der Waals surface area contributed by atoms with Crippen molar-refractivity contribution in [2.45, 2.75) is 58.1 Å². The summed E-state index contributed by atoms with van der Waals surface area (Å²) in [6, 6.07) is 0. The van der Waals surface area contributed by atoms with E-state index in [0.29, 0.717) is 31.8 Å². The second kappa shape index (κ2) is 6.77. The standard InChI is InChI=1S/C16H26N4O2/c1-2-20-10-13(17-18-20)9-16(22)19-8-7-15(21)14(11-19)12-5-3-4-6-12/h10,12,14-15,21H,2-9,11H2,1H3/t14-,15+/m0/s1. The third-order valence-electron chi connectivity index (χ3n) is 5.22. The molecule has 1 saturated carbocycles. The topological polar surface area (TPSA) is 71.2 Å². The number of amides is 1. The Morgan fingerprint density at radius 2 is 2.14 bits per heavy atom. The van der Waals surface area contributed by atoms with Crippen LogP contribution in [0.4, 0.5) is 0 Å². The minimum absolute atomic E-state index is 0.109. The van der Waals surface area contributed by atoms with Crippen molar-refractivity contribution in [3.63, 3.8) is 0 Å². The van der Waals surface area contributed by atoms with Crippen LogP contribution >= 0.6 is 0 Å². The maximum absolute atomic E-state index is 12.5. The highest BCUT2D eigenvalue weighted by molar-refractivity contribution is 5.78. The van der Waals surface area contributed by atoms with E-state index in [-0.39, 0.29) is 17.9 Å². The summed E-state index contributed by atoms with van der Waals surface area (Å²) in [6.45, 7) is 4.12. The summed E-state index contributed by atoms with van der Waals surface area (Å²) in [5.74, 6) is 0.955. The summed E-state index contributed by atoms with van der Waals surface area (Å²) in [4.78, 5) is 14.4. The fourth-order valence-electron chi connectivity index (χ4n) is 3.89. The Hall–Kier alpha value is -1.43. The van der Waals surface area contributed by atoms with E-state index in [0.717, 1.165) is 12.2 Å². The van der Waals surface area contributed by atoms with Crippen LogP contribution in [0.1, 0.15) is 44.7 Å². The molecule has 6 nitrogen and oxygen atoms in total. The molecule has 3 rings (SSSR count). The molecule has 2 atom stereocenters. The summed E-state index contributed by atoms with van der Waals surface area (Å²) in [5.41, 5.74) is 0.732. The molecule has 6 heteroatoms. The van der Waals surface area contributed by atoms with Crippen molar-refractivity contribution in [1.82, 2.24) is 19.9 Å². The number of carbonyl (C=O) groups is 1. The van der Waals surface area contributed by atoms with Crippen LogP contribution in [0.25, 0.3) is 0 Å². The molecule has 2 heterocycles. The highest BCUT2D eigenvalue weighted by Crippen LogP contribution is 2.36. The summed E-state index contributed by atoms with van der Waals surface area (Å²) in [6.07, 6.45) is 7.55. The third kappa shape index (κ3) is 3.32. The van der Waals surface area contributed by atoms with Gasteiger partial charge in [0.2, 0.25) is 5.91 Å². The first-order valence-corrected chi connectivity index (χ1v) is 8.52. The number of hydrogen-bond donors (Lipinski definition) is 1. The van der Waals surface area contributed by atoms with Gasteiger partial charge in [0, 0.05) is 31.7 Å². The number of piperidine rings is 1. The molecule has 0 aromatic carbocycles. The van der Waals surface area contributed by atoms with Crippen LogP contribution in [0.3, 0.4) is 0 Å². The first-order valence-electron chi connectivity index (χ1n) is 8.52. The second-order valence-corrected chi connectivity index (χ2v) is 6.65. The van der Waals surface area contributed by atoms with Crippen molar-refractivity contribution >= 4 is 5.91 Å². The zero-order chi connectivity index (χ0) is 15.5. The molecule has 22 heavy (non-hydrogen) atoms. The van der Waals surface area contributed by atoms with Crippen LogP contribution in [0.5, 0.6) is 0 Å². The lowest BCUT2D eigenvalue weighted by Crippen LogP contribution is -2.48. The number of aliphatic hydroxyl groups is 1. The third-order valence-corrected chi connectivity index (χ3v) is 5.22. The summed E-state index contributed by atoms with van der Waals surface area (Å²) in [5, 5.41) is 18.3. The molecule has 1 saturated heterocycles. The van der Waals surface area contributed by atoms with E-state index >= 15 is 0 Å². The quantitative estimate of drug-likeness (QED) is 0.908. The van der Waals surface area contributed by atoms with Gasteiger partial charge in [-0.2, -0.15) is 0 Å². The average Bonchev–Trinajstić information content (AvgIpc) is 3.18. The van der Waals surface area contributed by atoms with Gasteiger partial charge in [-0.3, -0.25) is 9.48 Å². The van der Waals surface area contributed by atoms with Crippen molar-refractivity contribution < 1.29 is 9.90 Å². The van der Waals surface area contributed by atoms with Gasteiger partial charge in [-0.25, -0.2) is 0 Å². The van der Waals surface area contributed by atoms with Crippen LogP contribution < -0.4 is 0 Å². The smallest absolute Gasteiger partial charge is 0.228 e. The SMILES string of the molecule is CCn1cc(CC(=O)N2CC[C@@H](O)[C@H](C3CCCC3)C2)nn1. The van der Waals surface area contributed by atoms with Gasteiger partial charge in [-0.15, -0.1) is 5.10 Å². The molecule has 1 aromatic heterocycles. The largest absolute Gasteiger partial charge is 0.393 e. The Morgan fingerprint density at radius 1 is 1.36 bits per heavy atom. The number of aliphatic hydroxyl groups excluding tert-OH is 1. The molecular weight excluding hydrogens is 280 g/mol. The van der Waals surface area contributed by atoms with E-state index in [1.807, 2.05) is 18.0 Å². The van der Waals surface area contributed by atoms with Gasteiger partial charge < -0.3 is 10.0 Å². The van der Waals surface area contributed by atoms with Crippen molar-refractivity contribution in [3.8, 4) is 0 Å². The molecule has 0 radical (unpaired) electrons. The van der Waals surface area contributed by atoms with Gasteiger partial charge in [0.05, 0.1) is 18.2 Å². The lowest BCUT2D eigenvalue weighted by molar-refractivity contribution is -0.135. The molecule has 0 spiro atoms. The fraction of sp³-hybridized carbons (Fsp3) is 0.812. The van der Waals surface area contributed by atoms with Crippen molar-refractivity contribution in [2.24, 2.45) is 11.8 Å². The Labute approximate surface area is 131 Å². The maximum Gasteiger partial charge on any atom is 0.228 e. The fourth-order valence-corrected chi connectivity index (χ4v) is 3.89. The van der Waals surface area contributed by atoms with E-state index < -0.39 is 0 Å². The molecule has 0 bridgehead atoms. The Balaban J connectivity index is 1.59. The van der Waals surface area contributed by atoms with Crippen LogP contribution in [-0.2, 0) is 17.8 Å². The summed E-state index contributed by atoms with van der Waals surface area (Å²) in [7, 11) is 0. The van der Waals surface area contributed by atoms with Crippen molar-refractivity contribution in [3.05, 3.63) is 11.9 Å². The maximum atomic E-state index is 12.5. The second-order valence-electron chi connectivity index (χ2n) is 6.65. The molecule has 1 aromatic rings. The molecule has 0 unspecified atom stereocenters. The lowest BCUT2D eigenvalue weighted by atomic mass is 9.82. The van der Waals surface area contributed by atoms with Crippen LogP contribution in [0.15, 0.2) is 6.20 Å². The summed E-state index contributed by atoms with van der Waals surface area (Å²) >= 11 is 0. The molecule has 2 aliphatic rings. The van der Waals surface area contributed by atoms with Gasteiger partial charge in [0.1, 0.15) is 0 Å². The average molecular weight is 306 g/mol. The van der Waals surface area contributed by atoms with Gasteiger partial charge in [-0.05, 0) is 19.3 Å². The Bertz CT molecular complexity index is 510. The normalized spacial score (nSPS) is 26.5. The van der Waals surface area contributed by atoms with E-state index in [1.165, 1.54) is 25.7 Å². The molecular formula is C16H26N4O2. The zero-order valence-electron chi connectivity index (χ0n) is 13.3. The summed E-state index contributed by atoms with van der Waals surface area (Å²) < 4.78 is 1.74. The first kappa shape index (κ1) is 15.5. The molecule has 1 aliphatic carbocycles.